The van der Waals surface area contributed by atoms with Gasteiger partial charge in [0.15, 0.2) is 0 Å². The van der Waals surface area contributed by atoms with Gasteiger partial charge in [0, 0.05) is 5.92 Å². The second-order valence-corrected chi connectivity index (χ2v) is 4.66. The number of benzene rings is 1. The van der Waals surface area contributed by atoms with Crippen molar-refractivity contribution in [2.75, 3.05) is 0 Å². The van der Waals surface area contributed by atoms with E-state index >= 15 is 0 Å². The fraction of sp³-hybridized carbons (Fsp3) is 0.500. The molecule has 1 saturated carbocycles. The molecule has 0 unspecified atom stereocenters. The molecule has 0 aliphatic heterocycles. The summed E-state index contributed by atoms with van der Waals surface area (Å²) < 4.78 is 0. The molecule has 80 valence electrons. The number of aldehydes is 1. The van der Waals surface area contributed by atoms with Gasteiger partial charge in [-0.25, -0.2) is 0 Å². The molecule has 1 heteroatoms. The third kappa shape index (κ3) is 2.47. The van der Waals surface area contributed by atoms with Crippen molar-refractivity contribution in [1.29, 1.82) is 0 Å². The lowest BCUT2D eigenvalue weighted by atomic mass is 9.79. The molecule has 0 spiro atoms. The first kappa shape index (κ1) is 10.4. The van der Waals surface area contributed by atoms with Crippen LogP contribution in [-0.2, 0) is 4.79 Å². The molecule has 0 saturated heterocycles. The van der Waals surface area contributed by atoms with E-state index in [1.807, 2.05) is 0 Å². The first-order chi connectivity index (χ1) is 7.29. The molecule has 1 nitrogen and oxygen atoms in total. The zero-order valence-electron chi connectivity index (χ0n) is 9.28. The van der Waals surface area contributed by atoms with Crippen LogP contribution in [0.5, 0.6) is 0 Å². The van der Waals surface area contributed by atoms with Crippen molar-refractivity contribution in [1.82, 2.24) is 0 Å². The topological polar surface area (TPSA) is 17.1 Å². The molecule has 15 heavy (non-hydrogen) atoms. The predicted octanol–water partition coefficient (Wildman–Crippen LogP) is 3.47. The standard InChI is InChI=1S/C14H18O/c1-11-2-6-13(7-3-11)14-8-4-12(10-15)5-9-14/h2-3,6-7,10,12,14H,4-5,8-9H2,1H3/t12-,14-. The van der Waals surface area contributed by atoms with Crippen LogP contribution in [0.3, 0.4) is 0 Å². The Morgan fingerprint density at radius 1 is 1.07 bits per heavy atom. The lowest BCUT2D eigenvalue weighted by Gasteiger charge is -2.25. The van der Waals surface area contributed by atoms with Crippen LogP contribution >= 0.6 is 0 Å². The Bertz CT molecular complexity index is 318. The molecular weight excluding hydrogens is 184 g/mol. The van der Waals surface area contributed by atoms with Gasteiger partial charge < -0.3 is 4.79 Å². The molecule has 1 fully saturated rings. The van der Waals surface area contributed by atoms with Gasteiger partial charge in [-0.2, -0.15) is 0 Å². The summed E-state index contributed by atoms with van der Waals surface area (Å²) in [6, 6.07) is 8.84. The Balaban J connectivity index is 2.01. The van der Waals surface area contributed by atoms with Crippen LogP contribution < -0.4 is 0 Å². The molecule has 0 aromatic heterocycles. The first-order valence-corrected chi connectivity index (χ1v) is 5.81. The maximum Gasteiger partial charge on any atom is 0.123 e. The van der Waals surface area contributed by atoms with E-state index < -0.39 is 0 Å². The fourth-order valence-electron chi connectivity index (χ4n) is 2.43. The first-order valence-electron chi connectivity index (χ1n) is 5.81. The number of carbonyl (C=O) groups is 1. The highest BCUT2D eigenvalue weighted by molar-refractivity contribution is 5.53. The van der Waals surface area contributed by atoms with Gasteiger partial charge in [-0.3, -0.25) is 0 Å². The summed E-state index contributed by atoms with van der Waals surface area (Å²) in [5.41, 5.74) is 2.77. The van der Waals surface area contributed by atoms with Gasteiger partial charge in [-0.1, -0.05) is 29.8 Å². The minimum absolute atomic E-state index is 0.326. The maximum atomic E-state index is 10.6. The number of carbonyl (C=O) groups excluding carboxylic acids is 1. The predicted molar refractivity (Wildman–Crippen MR) is 61.9 cm³/mol. The third-order valence-corrected chi connectivity index (χ3v) is 3.51. The van der Waals surface area contributed by atoms with Gasteiger partial charge in [0.2, 0.25) is 0 Å². The smallest absolute Gasteiger partial charge is 0.123 e. The van der Waals surface area contributed by atoms with E-state index in [1.165, 1.54) is 24.0 Å². The van der Waals surface area contributed by atoms with Crippen molar-refractivity contribution in [2.24, 2.45) is 5.92 Å². The van der Waals surface area contributed by atoms with E-state index in [4.69, 9.17) is 0 Å². The van der Waals surface area contributed by atoms with Crippen LogP contribution in [0.25, 0.3) is 0 Å². The van der Waals surface area contributed by atoms with Crippen LogP contribution in [0.4, 0.5) is 0 Å². The highest BCUT2D eigenvalue weighted by Crippen LogP contribution is 2.34. The Morgan fingerprint density at radius 3 is 2.20 bits per heavy atom. The zero-order chi connectivity index (χ0) is 10.7. The molecule has 1 aromatic carbocycles. The van der Waals surface area contributed by atoms with Gasteiger partial charge in [0.05, 0.1) is 0 Å². The summed E-state index contributed by atoms with van der Waals surface area (Å²) in [5.74, 6) is 1.01. The van der Waals surface area contributed by atoms with E-state index in [9.17, 15) is 4.79 Å². The van der Waals surface area contributed by atoms with Crippen LogP contribution in [0.1, 0.15) is 42.7 Å². The summed E-state index contributed by atoms with van der Waals surface area (Å²) >= 11 is 0. The Morgan fingerprint density at radius 2 is 1.67 bits per heavy atom. The van der Waals surface area contributed by atoms with E-state index in [-0.39, 0.29) is 0 Å². The second kappa shape index (κ2) is 4.61. The monoisotopic (exact) mass is 202 g/mol. The molecule has 0 heterocycles. The molecule has 2 rings (SSSR count). The van der Waals surface area contributed by atoms with Crippen LogP contribution in [0.15, 0.2) is 24.3 Å². The normalized spacial score (nSPS) is 26.2. The van der Waals surface area contributed by atoms with Gasteiger partial charge in [0.1, 0.15) is 6.29 Å². The SMILES string of the molecule is Cc1ccc([C@H]2CC[C@H](C=O)CC2)cc1. The average molecular weight is 202 g/mol. The lowest BCUT2D eigenvalue weighted by Crippen LogP contribution is -2.14. The van der Waals surface area contributed by atoms with Crippen molar-refractivity contribution in [2.45, 2.75) is 38.5 Å². The molecule has 1 aromatic rings. The molecule has 1 aliphatic carbocycles. The Labute approximate surface area is 91.5 Å². The summed E-state index contributed by atoms with van der Waals surface area (Å²) in [6.07, 6.45) is 5.62. The largest absolute Gasteiger partial charge is 0.303 e. The molecule has 0 bridgehead atoms. The summed E-state index contributed by atoms with van der Waals surface area (Å²) in [5, 5.41) is 0. The van der Waals surface area contributed by atoms with Crippen molar-refractivity contribution < 1.29 is 4.79 Å². The molecule has 0 amide bonds. The zero-order valence-corrected chi connectivity index (χ0v) is 9.28. The number of hydrogen-bond donors (Lipinski definition) is 0. The fourth-order valence-corrected chi connectivity index (χ4v) is 2.43. The molecule has 0 N–H and O–H groups in total. The number of aryl methyl sites for hydroxylation is 1. The summed E-state index contributed by atoms with van der Waals surface area (Å²) in [6.45, 7) is 2.12. The Hall–Kier alpha value is -1.11. The van der Waals surface area contributed by atoms with Gasteiger partial charge in [-0.15, -0.1) is 0 Å². The maximum absolute atomic E-state index is 10.6. The average Bonchev–Trinajstić information content (AvgIpc) is 2.30. The van der Waals surface area contributed by atoms with Gasteiger partial charge in [0.25, 0.3) is 0 Å². The molecule has 1 aliphatic rings. The Kier molecular flexibility index (Phi) is 3.20. The van der Waals surface area contributed by atoms with E-state index in [0.717, 1.165) is 19.1 Å². The highest BCUT2D eigenvalue weighted by Gasteiger charge is 2.21. The van der Waals surface area contributed by atoms with Crippen LogP contribution in [-0.4, -0.2) is 6.29 Å². The van der Waals surface area contributed by atoms with Crippen molar-refractivity contribution in [3.63, 3.8) is 0 Å². The second-order valence-electron chi connectivity index (χ2n) is 4.66. The van der Waals surface area contributed by atoms with E-state index in [1.54, 1.807) is 0 Å². The van der Waals surface area contributed by atoms with Crippen LogP contribution in [0, 0.1) is 12.8 Å². The van der Waals surface area contributed by atoms with Gasteiger partial charge in [-0.05, 0) is 44.1 Å². The van der Waals surface area contributed by atoms with Gasteiger partial charge >= 0.3 is 0 Å². The van der Waals surface area contributed by atoms with E-state index in [2.05, 4.69) is 31.2 Å². The summed E-state index contributed by atoms with van der Waals surface area (Å²) in [7, 11) is 0. The van der Waals surface area contributed by atoms with Crippen molar-refractivity contribution in [3.05, 3.63) is 35.4 Å². The molecule has 0 radical (unpaired) electrons. The van der Waals surface area contributed by atoms with Crippen molar-refractivity contribution >= 4 is 6.29 Å². The van der Waals surface area contributed by atoms with Crippen LogP contribution in [0.2, 0.25) is 0 Å². The summed E-state index contributed by atoms with van der Waals surface area (Å²) in [4.78, 5) is 10.6. The van der Waals surface area contributed by atoms with Crippen molar-refractivity contribution in [3.8, 4) is 0 Å². The molecular formula is C14H18O. The minimum Gasteiger partial charge on any atom is -0.303 e. The molecule has 0 atom stereocenters. The minimum atomic E-state index is 0.326. The highest BCUT2D eigenvalue weighted by atomic mass is 16.1. The lowest BCUT2D eigenvalue weighted by molar-refractivity contribution is -0.111. The number of hydrogen-bond acceptors (Lipinski definition) is 1. The van der Waals surface area contributed by atoms with E-state index in [0.29, 0.717) is 11.8 Å². The number of rotatable bonds is 2. The quantitative estimate of drug-likeness (QED) is 0.671. The third-order valence-electron chi connectivity index (χ3n) is 3.51.